The third-order valence-corrected chi connectivity index (χ3v) is 1.65. The summed E-state index contributed by atoms with van der Waals surface area (Å²) in [6.07, 6.45) is 1.32. The van der Waals surface area contributed by atoms with Crippen LogP contribution in [-0.2, 0) is 13.3 Å². The second kappa shape index (κ2) is 6.09. The maximum Gasteiger partial charge on any atom is 0.655 e. The SMILES string of the molecule is CO[Si](OC)OC=CCl. The van der Waals surface area contributed by atoms with E-state index in [4.69, 9.17) is 24.9 Å². The molecule has 0 spiro atoms. The first-order valence-electron chi connectivity index (χ1n) is 2.22. The first kappa shape index (κ1) is 8.97. The first-order chi connectivity index (χ1) is 4.35. The summed E-state index contributed by atoms with van der Waals surface area (Å²) in [5, 5.41) is 0. The molecule has 0 rings (SSSR count). The minimum Gasteiger partial charge on any atom is -0.504 e. The topological polar surface area (TPSA) is 27.7 Å². The van der Waals surface area contributed by atoms with Gasteiger partial charge in [0.25, 0.3) is 0 Å². The molecule has 0 unspecified atom stereocenters. The summed E-state index contributed by atoms with van der Waals surface area (Å²) in [7, 11) is 1.47. The van der Waals surface area contributed by atoms with Crippen molar-refractivity contribution in [3.05, 3.63) is 11.8 Å². The normalized spacial score (nSPS) is 11.1. The van der Waals surface area contributed by atoms with Crippen molar-refractivity contribution < 1.29 is 13.3 Å². The molecule has 0 atom stereocenters. The smallest absolute Gasteiger partial charge is 0.504 e. The average molecular weight is 168 g/mol. The molecule has 9 heavy (non-hydrogen) atoms. The van der Waals surface area contributed by atoms with Gasteiger partial charge in [-0.3, -0.25) is 0 Å². The van der Waals surface area contributed by atoms with E-state index in [9.17, 15) is 0 Å². The summed E-state index contributed by atoms with van der Waals surface area (Å²) in [5.41, 5.74) is 1.25. The van der Waals surface area contributed by atoms with Crippen LogP contribution < -0.4 is 0 Å². The van der Waals surface area contributed by atoms with E-state index in [1.54, 1.807) is 0 Å². The van der Waals surface area contributed by atoms with Crippen LogP contribution in [-0.4, -0.2) is 23.7 Å². The second-order valence-corrected chi connectivity index (χ2v) is 2.84. The molecule has 0 bridgehead atoms. The van der Waals surface area contributed by atoms with Crippen LogP contribution in [0.1, 0.15) is 0 Å². The lowest BCUT2D eigenvalue weighted by Gasteiger charge is -2.04. The van der Waals surface area contributed by atoms with Gasteiger partial charge >= 0.3 is 9.53 Å². The second-order valence-electron chi connectivity index (χ2n) is 1.04. The van der Waals surface area contributed by atoms with E-state index in [1.807, 2.05) is 0 Å². The molecule has 0 saturated heterocycles. The highest BCUT2D eigenvalue weighted by Crippen LogP contribution is 1.89. The third-order valence-electron chi connectivity index (χ3n) is 0.549. The number of hydrogen-bond donors (Lipinski definition) is 0. The molecule has 0 aliphatic heterocycles. The molecule has 0 aliphatic rings. The van der Waals surface area contributed by atoms with Crippen molar-refractivity contribution in [1.82, 2.24) is 0 Å². The number of halogens is 1. The fourth-order valence-corrected chi connectivity index (χ4v) is 0.937. The van der Waals surface area contributed by atoms with Gasteiger partial charge in [-0.15, -0.1) is 0 Å². The minimum absolute atomic E-state index is 1.25. The molecule has 53 valence electrons. The van der Waals surface area contributed by atoms with E-state index in [-0.39, 0.29) is 0 Å². The number of hydrogen-bond acceptors (Lipinski definition) is 3. The van der Waals surface area contributed by atoms with Gasteiger partial charge in [-0.25, -0.2) is 0 Å². The molecule has 0 N–H and O–H groups in total. The molecular formula is C4H8ClO3Si. The van der Waals surface area contributed by atoms with Gasteiger partial charge in [-0.1, -0.05) is 11.6 Å². The molecule has 0 fully saturated rings. The van der Waals surface area contributed by atoms with Crippen molar-refractivity contribution >= 4 is 21.1 Å². The average Bonchev–Trinajstić information content (AvgIpc) is 1.91. The monoisotopic (exact) mass is 167 g/mol. The Morgan fingerprint density at radius 2 is 1.89 bits per heavy atom. The van der Waals surface area contributed by atoms with Crippen LogP contribution in [0.25, 0.3) is 0 Å². The molecule has 0 saturated carbocycles. The Hall–Kier alpha value is -0.0331. The molecule has 0 aromatic carbocycles. The molecular weight excluding hydrogens is 160 g/mol. The highest BCUT2D eigenvalue weighted by Gasteiger charge is 2.13. The van der Waals surface area contributed by atoms with Crippen molar-refractivity contribution in [1.29, 1.82) is 0 Å². The van der Waals surface area contributed by atoms with Crippen molar-refractivity contribution in [2.75, 3.05) is 14.2 Å². The van der Waals surface area contributed by atoms with Gasteiger partial charge in [-0.2, -0.15) is 0 Å². The fraction of sp³-hybridized carbons (Fsp3) is 0.500. The Kier molecular flexibility index (Phi) is 6.07. The van der Waals surface area contributed by atoms with E-state index in [0.717, 1.165) is 0 Å². The Balaban J connectivity index is 3.31. The molecule has 5 heteroatoms. The van der Waals surface area contributed by atoms with Gasteiger partial charge in [-0.05, 0) is 0 Å². The zero-order valence-electron chi connectivity index (χ0n) is 5.26. The quantitative estimate of drug-likeness (QED) is 0.462. The third kappa shape index (κ3) is 4.47. The van der Waals surface area contributed by atoms with Crippen molar-refractivity contribution in [2.45, 2.75) is 0 Å². The summed E-state index contributed by atoms with van der Waals surface area (Å²) in [4.78, 5) is 0. The maximum atomic E-state index is 5.16. The predicted molar refractivity (Wildman–Crippen MR) is 35.9 cm³/mol. The predicted octanol–water partition coefficient (Wildman–Crippen LogP) is 0.991. The van der Waals surface area contributed by atoms with Crippen molar-refractivity contribution in [3.8, 4) is 0 Å². The molecule has 0 aromatic rings. The zero-order chi connectivity index (χ0) is 7.11. The van der Waals surface area contributed by atoms with E-state index < -0.39 is 9.53 Å². The van der Waals surface area contributed by atoms with Crippen LogP contribution in [0.15, 0.2) is 11.8 Å². The van der Waals surface area contributed by atoms with Crippen LogP contribution in [0.3, 0.4) is 0 Å². The van der Waals surface area contributed by atoms with Gasteiger partial charge in [0.15, 0.2) is 0 Å². The van der Waals surface area contributed by atoms with Crippen LogP contribution in [0.4, 0.5) is 0 Å². The summed E-state index contributed by atoms with van der Waals surface area (Å²) in [5.74, 6) is 0. The van der Waals surface area contributed by atoms with E-state index in [0.29, 0.717) is 0 Å². The summed E-state index contributed by atoms with van der Waals surface area (Å²) < 4.78 is 14.3. The van der Waals surface area contributed by atoms with Gasteiger partial charge in [0, 0.05) is 19.8 Å². The highest BCUT2D eigenvalue weighted by atomic mass is 35.5. The van der Waals surface area contributed by atoms with Crippen LogP contribution >= 0.6 is 11.6 Å². The van der Waals surface area contributed by atoms with Crippen LogP contribution in [0.5, 0.6) is 0 Å². The zero-order valence-corrected chi connectivity index (χ0v) is 7.01. The lowest BCUT2D eigenvalue weighted by atomic mass is 11.2. The Bertz CT molecular complexity index is 83.9. The van der Waals surface area contributed by atoms with Gasteiger partial charge in [0.1, 0.15) is 0 Å². The fourth-order valence-electron chi connectivity index (χ4n) is 0.261. The van der Waals surface area contributed by atoms with Gasteiger partial charge in [0.05, 0.1) is 6.26 Å². The van der Waals surface area contributed by atoms with Gasteiger partial charge < -0.3 is 13.3 Å². The molecule has 0 amide bonds. The maximum absolute atomic E-state index is 5.16. The Morgan fingerprint density at radius 3 is 2.22 bits per heavy atom. The summed E-state index contributed by atoms with van der Waals surface area (Å²) in [6.45, 7) is 0. The summed E-state index contributed by atoms with van der Waals surface area (Å²) >= 11 is 5.16. The standard InChI is InChI=1S/C4H8ClO3Si/c1-6-9(7-2)8-4-3-5/h3-4H,1-2H3. The van der Waals surface area contributed by atoms with Crippen molar-refractivity contribution in [2.24, 2.45) is 0 Å². The molecule has 0 aliphatic carbocycles. The summed E-state index contributed by atoms with van der Waals surface area (Å²) in [6, 6.07) is 0. The number of rotatable bonds is 4. The van der Waals surface area contributed by atoms with Gasteiger partial charge in [0.2, 0.25) is 0 Å². The molecule has 0 heterocycles. The minimum atomic E-state index is -1.56. The molecule has 0 aromatic heterocycles. The van der Waals surface area contributed by atoms with E-state index in [1.165, 1.54) is 26.0 Å². The van der Waals surface area contributed by atoms with Crippen LogP contribution in [0.2, 0.25) is 0 Å². The molecule has 3 nitrogen and oxygen atoms in total. The van der Waals surface area contributed by atoms with Crippen LogP contribution in [0, 0.1) is 0 Å². The Labute approximate surface area is 61.1 Å². The Morgan fingerprint density at radius 1 is 1.33 bits per heavy atom. The van der Waals surface area contributed by atoms with E-state index in [2.05, 4.69) is 0 Å². The van der Waals surface area contributed by atoms with Crippen molar-refractivity contribution in [3.63, 3.8) is 0 Å². The lowest BCUT2D eigenvalue weighted by molar-refractivity contribution is 0.181. The first-order valence-corrected chi connectivity index (χ1v) is 3.88. The molecule has 1 radical (unpaired) electrons. The van der Waals surface area contributed by atoms with E-state index >= 15 is 0 Å². The largest absolute Gasteiger partial charge is 0.655 e. The lowest BCUT2D eigenvalue weighted by Crippen LogP contribution is -2.20. The highest BCUT2D eigenvalue weighted by molar-refractivity contribution is 6.36.